The quantitative estimate of drug-likeness (QED) is 0.600. The molecule has 1 aromatic rings. The van der Waals surface area contributed by atoms with E-state index in [0.717, 1.165) is 0 Å². The molecule has 0 aromatic carbocycles. The molecule has 7 nitrogen and oxygen atoms in total. The highest BCUT2D eigenvalue weighted by atomic mass is 16.5. The second-order valence-electron chi connectivity index (χ2n) is 5.01. The van der Waals surface area contributed by atoms with E-state index in [9.17, 15) is 9.59 Å². The van der Waals surface area contributed by atoms with Gasteiger partial charge in [0.2, 0.25) is 0 Å². The normalized spacial score (nSPS) is 10.9. The van der Waals surface area contributed by atoms with Crippen molar-refractivity contribution in [2.45, 2.75) is 33.1 Å². The average molecular weight is 297 g/mol. The number of hydrogen-bond donors (Lipinski definition) is 3. The van der Waals surface area contributed by atoms with E-state index < -0.39 is 11.5 Å². The van der Waals surface area contributed by atoms with Crippen LogP contribution >= 0.6 is 0 Å². The van der Waals surface area contributed by atoms with E-state index in [1.165, 1.54) is 0 Å². The lowest BCUT2D eigenvalue weighted by atomic mass is 10.1. The highest BCUT2D eigenvalue weighted by Crippen LogP contribution is 2.08. The standard InChI is InChI=1S/C14H23N3O4/c1-9(2)12-16-10(3)11(14(20)17-12)13(19)15-5-4-7-21-8-6-18/h9,18H,4-8H2,1-3H3,(H,15,19)(H,16,17,20). The van der Waals surface area contributed by atoms with Crippen LogP contribution in [0.4, 0.5) is 0 Å². The number of hydrogen-bond acceptors (Lipinski definition) is 5. The van der Waals surface area contributed by atoms with Gasteiger partial charge in [-0.05, 0) is 13.3 Å². The number of rotatable bonds is 8. The van der Waals surface area contributed by atoms with Gasteiger partial charge in [0.25, 0.3) is 11.5 Å². The van der Waals surface area contributed by atoms with Crippen LogP contribution < -0.4 is 10.9 Å². The number of amides is 1. The van der Waals surface area contributed by atoms with E-state index >= 15 is 0 Å². The Kier molecular flexibility index (Phi) is 7.04. The lowest BCUT2D eigenvalue weighted by Gasteiger charge is -2.10. The first-order valence-electron chi connectivity index (χ1n) is 7.05. The first-order valence-corrected chi connectivity index (χ1v) is 7.05. The summed E-state index contributed by atoms with van der Waals surface area (Å²) in [6.45, 7) is 6.60. The van der Waals surface area contributed by atoms with Crippen LogP contribution in [0, 0.1) is 6.92 Å². The summed E-state index contributed by atoms with van der Waals surface area (Å²) in [5, 5.41) is 11.2. The minimum Gasteiger partial charge on any atom is -0.394 e. The zero-order valence-corrected chi connectivity index (χ0v) is 12.7. The fourth-order valence-corrected chi connectivity index (χ4v) is 1.78. The van der Waals surface area contributed by atoms with Crippen LogP contribution in [0.15, 0.2) is 4.79 Å². The van der Waals surface area contributed by atoms with E-state index in [2.05, 4.69) is 15.3 Å². The number of carbonyl (C=O) groups is 1. The van der Waals surface area contributed by atoms with Crippen molar-refractivity contribution in [2.75, 3.05) is 26.4 Å². The summed E-state index contributed by atoms with van der Waals surface area (Å²) < 4.78 is 5.08. The monoisotopic (exact) mass is 297 g/mol. The number of aromatic amines is 1. The second-order valence-corrected chi connectivity index (χ2v) is 5.01. The van der Waals surface area contributed by atoms with Crippen LogP contribution in [-0.2, 0) is 4.74 Å². The molecule has 0 radical (unpaired) electrons. The maximum absolute atomic E-state index is 12.0. The summed E-state index contributed by atoms with van der Waals surface area (Å²) in [6, 6.07) is 0. The highest BCUT2D eigenvalue weighted by Gasteiger charge is 2.16. The molecule has 7 heteroatoms. The number of H-pyrrole nitrogens is 1. The third-order valence-electron chi connectivity index (χ3n) is 2.88. The molecule has 1 aromatic heterocycles. The van der Waals surface area contributed by atoms with E-state index in [4.69, 9.17) is 9.84 Å². The number of ether oxygens (including phenoxy) is 1. The van der Waals surface area contributed by atoms with Crippen LogP contribution in [0.3, 0.4) is 0 Å². The molecule has 0 aliphatic carbocycles. The Morgan fingerprint density at radius 3 is 2.71 bits per heavy atom. The molecule has 0 bridgehead atoms. The van der Waals surface area contributed by atoms with Gasteiger partial charge in [0.05, 0.1) is 18.9 Å². The largest absolute Gasteiger partial charge is 0.394 e. The van der Waals surface area contributed by atoms with Crippen molar-refractivity contribution in [3.8, 4) is 0 Å². The minimum atomic E-state index is -0.432. The van der Waals surface area contributed by atoms with Gasteiger partial charge < -0.3 is 20.1 Å². The third kappa shape index (κ3) is 5.28. The Morgan fingerprint density at radius 1 is 1.43 bits per heavy atom. The lowest BCUT2D eigenvalue weighted by Crippen LogP contribution is -2.33. The van der Waals surface area contributed by atoms with Crippen molar-refractivity contribution >= 4 is 5.91 Å². The molecule has 21 heavy (non-hydrogen) atoms. The summed E-state index contributed by atoms with van der Waals surface area (Å²) in [5.74, 6) is 0.238. The maximum atomic E-state index is 12.0. The molecule has 118 valence electrons. The molecule has 0 spiro atoms. The van der Waals surface area contributed by atoms with E-state index in [1.807, 2.05) is 13.8 Å². The summed E-state index contributed by atoms with van der Waals surface area (Å²) in [4.78, 5) is 30.9. The summed E-state index contributed by atoms with van der Waals surface area (Å²) >= 11 is 0. The van der Waals surface area contributed by atoms with Crippen molar-refractivity contribution in [1.29, 1.82) is 0 Å². The Bertz CT molecular complexity index is 525. The van der Waals surface area contributed by atoms with Gasteiger partial charge in [0, 0.05) is 19.1 Å². The van der Waals surface area contributed by atoms with Gasteiger partial charge in [0.1, 0.15) is 11.4 Å². The van der Waals surface area contributed by atoms with Crippen molar-refractivity contribution in [3.05, 3.63) is 27.4 Å². The van der Waals surface area contributed by atoms with Crippen molar-refractivity contribution < 1.29 is 14.6 Å². The summed E-state index contributed by atoms with van der Waals surface area (Å²) in [5.41, 5.74) is 0.0624. The first kappa shape index (κ1) is 17.3. The van der Waals surface area contributed by atoms with E-state index in [0.29, 0.717) is 31.1 Å². The zero-order valence-electron chi connectivity index (χ0n) is 12.7. The maximum Gasteiger partial charge on any atom is 0.264 e. The smallest absolute Gasteiger partial charge is 0.264 e. The summed E-state index contributed by atoms with van der Waals surface area (Å²) in [6.07, 6.45) is 0.611. The van der Waals surface area contributed by atoms with Crippen LogP contribution in [0.5, 0.6) is 0 Å². The number of carbonyl (C=O) groups excluding carboxylic acids is 1. The van der Waals surface area contributed by atoms with Gasteiger partial charge in [-0.25, -0.2) is 4.98 Å². The lowest BCUT2D eigenvalue weighted by molar-refractivity contribution is 0.0866. The van der Waals surface area contributed by atoms with Gasteiger partial charge >= 0.3 is 0 Å². The molecule has 0 aliphatic rings. The van der Waals surface area contributed by atoms with Gasteiger partial charge in [0.15, 0.2) is 0 Å². The average Bonchev–Trinajstić information content (AvgIpc) is 2.41. The topological polar surface area (TPSA) is 104 Å². The Labute approximate surface area is 123 Å². The number of aryl methyl sites for hydroxylation is 1. The fourth-order valence-electron chi connectivity index (χ4n) is 1.78. The SMILES string of the molecule is Cc1nc(C(C)C)[nH]c(=O)c1C(=O)NCCCOCCO. The van der Waals surface area contributed by atoms with Gasteiger partial charge in [-0.3, -0.25) is 9.59 Å². The Morgan fingerprint density at radius 2 is 2.14 bits per heavy atom. The molecule has 0 fully saturated rings. The van der Waals surface area contributed by atoms with Crippen LogP contribution in [-0.4, -0.2) is 47.3 Å². The number of aliphatic hydroxyl groups is 1. The van der Waals surface area contributed by atoms with Crippen molar-refractivity contribution in [2.24, 2.45) is 0 Å². The van der Waals surface area contributed by atoms with Crippen molar-refractivity contribution in [3.63, 3.8) is 0 Å². The molecule has 0 saturated carbocycles. The number of nitrogens with zero attached hydrogens (tertiary/aromatic N) is 1. The molecule has 1 rings (SSSR count). The van der Waals surface area contributed by atoms with Gasteiger partial charge in [-0.2, -0.15) is 0 Å². The van der Waals surface area contributed by atoms with Gasteiger partial charge in [-0.1, -0.05) is 13.8 Å². The Balaban J connectivity index is 2.60. The van der Waals surface area contributed by atoms with Gasteiger partial charge in [-0.15, -0.1) is 0 Å². The Hall–Kier alpha value is -1.73. The predicted molar refractivity (Wildman–Crippen MR) is 78.5 cm³/mol. The molecule has 3 N–H and O–H groups in total. The van der Waals surface area contributed by atoms with E-state index in [-0.39, 0.29) is 24.7 Å². The summed E-state index contributed by atoms with van der Waals surface area (Å²) in [7, 11) is 0. The molecular weight excluding hydrogens is 274 g/mol. The second kappa shape index (κ2) is 8.53. The van der Waals surface area contributed by atoms with E-state index in [1.54, 1.807) is 6.92 Å². The molecular formula is C14H23N3O4. The number of nitrogens with one attached hydrogen (secondary N) is 2. The minimum absolute atomic E-state index is 0.0190. The molecule has 1 amide bonds. The number of aliphatic hydroxyl groups excluding tert-OH is 1. The third-order valence-corrected chi connectivity index (χ3v) is 2.88. The van der Waals surface area contributed by atoms with Crippen LogP contribution in [0.2, 0.25) is 0 Å². The molecule has 1 heterocycles. The van der Waals surface area contributed by atoms with Crippen molar-refractivity contribution in [1.82, 2.24) is 15.3 Å². The fraction of sp³-hybridized carbons (Fsp3) is 0.643. The number of aromatic nitrogens is 2. The molecule has 0 aliphatic heterocycles. The first-order chi connectivity index (χ1) is 9.97. The van der Waals surface area contributed by atoms with Crippen LogP contribution in [0.25, 0.3) is 0 Å². The molecule has 0 unspecified atom stereocenters. The highest BCUT2D eigenvalue weighted by molar-refractivity contribution is 5.94. The molecule has 0 atom stereocenters. The van der Waals surface area contributed by atoms with Crippen LogP contribution in [0.1, 0.15) is 48.1 Å². The zero-order chi connectivity index (χ0) is 15.8. The molecule has 0 saturated heterocycles. The predicted octanol–water partition coefficient (Wildman–Crippen LogP) is 0.331.